The molecule has 0 atom stereocenters. The number of aromatic nitrogens is 3. The predicted octanol–water partition coefficient (Wildman–Crippen LogP) is 3.65. The van der Waals surface area contributed by atoms with Gasteiger partial charge in [0, 0.05) is 6.07 Å². The molecule has 0 bridgehead atoms. The summed E-state index contributed by atoms with van der Waals surface area (Å²) >= 11 is 0. The fourth-order valence-electron chi connectivity index (χ4n) is 2.18. The molecule has 9 heteroatoms. The Morgan fingerprint density at radius 1 is 0.962 bits per heavy atom. The van der Waals surface area contributed by atoms with Crippen LogP contribution in [0.2, 0.25) is 0 Å². The minimum atomic E-state index is -0.741. The summed E-state index contributed by atoms with van der Waals surface area (Å²) in [4.78, 5) is 4.15. The van der Waals surface area contributed by atoms with E-state index in [9.17, 15) is 8.78 Å². The molecule has 0 aliphatic carbocycles. The van der Waals surface area contributed by atoms with E-state index in [0.717, 1.165) is 12.1 Å². The van der Waals surface area contributed by atoms with Gasteiger partial charge in [-0.2, -0.15) is 10.1 Å². The van der Waals surface area contributed by atoms with Crippen LogP contribution >= 0.6 is 0 Å². The quantitative estimate of drug-likeness (QED) is 0.695. The molecule has 134 valence electrons. The smallest absolute Gasteiger partial charge is 0.249 e. The molecular formula is C17H15F2N5O2. The molecule has 0 saturated carbocycles. The molecular weight excluding hydrogens is 344 g/mol. The predicted molar refractivity (Wildman–Crippen MR) is 92.3 cm³/mol. The van der Waals surface area contributed by atoms with Crippen LogP contribution in [-0.2, 0) is 0 Å². The van der Waals surface area contributed by atoms with Gasteiger partial charge in [-0.1, -0.05) is 6.07 Å². The highest BCUT2D eigenvalue weighted by Crippen LogP contribution is 2.31. The van der Waals surface area contributed by atoms with Gasteiger partial charge in [-0.3, -0.25) is 0 Å². The van der Waals surface area contributed by atoms with Gasteiger partial charge in [0.25, 0.3) is 0 Å². The number of para-hydroxylation sites is 1. The number of rotatable bonds is 6. The van der Waals surface area contributed by atoms with Crippen LogP contribution in [0.1, 0.15) is 0 Å². The Kier molecular flexibility index (Phi) is 5.07. The molecule has 0 aliphatic rings. The Bertz CT molecular complexity index is 903. The lowest BCUT2D eigenvalue weighted by atomic mass is 10.2. The monoisotopic (exact) mass is 359 g/mol. The number of hydrogen-bond donors (Lipinski definition) is 2. The number of ether oxygens (including phenoxy) is 2. The average molecular weight is 359 g/mol. The summed E-state index contributed by atoms with van der Waals surface area (Å²) in [6.07, 6.45) is 1.25. The van der Waals surface area contributed by atoms with Crippen molar-refractivity contribution < 1.29 is 18.3 Å². The van der Waals surface area contributed by atoms with Crippen molar-refractivity contribution >= 4 is 23.1 Å². The van der Waals surface area contributed by atoms with Gasteiger partial charge in [0.05, 0.1) is 26.1 Å². The van der Waals surface area contributed by atoms with E-state index in [1.807, 2.05) is 0 Å². The molecule has 0 amide bonds. The topological polar surface area (TPSA) is 81.2 Å². The third-order valence-electron chi connectivity index (χ3n) is 3.43. The Morgan fingerprint density at radius 3 is 2.42 bits per heavy atom. The van der Waals surface area contributed by atoms with Crippen molar-refractivity contribution in [2.75, 3.05) is 24.9 Å². The second kappa shape index (κ2) is 7.60. The number of nitrogens with zero attached hydrogens (tertiary/aromatic N) is 3. The lowest BCUT2D eigenvalue weighted by Crippen LogP contribution is -2.05. The van der Waals surface area contributed by atoms with Crippen LogP contribution in [0.15, 0.2) is 42.6 Å². The standard InChI is InChI=1S/C17H15F2N5O2/c1-25-10-6-7-13(14(8-10)26-2)21-17-23-15(9-20-24-17)22-16-11(18)4-3-5-12(16)19/h3-9H,1-2H3,(H2,21,22,23,24). The van der Waals surface area contributed by atoms with Crippen LogP contribution in [-0.4, -0.2) is 29.4 Å². The molecule has 0 fully saturated rings. The molecule has 26 heavy (non-hydrogen) atoms. The summed E-state index contributed by atoms with van der Waals surface area (Å²) in [6, 6.07) is 8.69. The Balaban J connectivity index is 1.84. The fourth-order valence-corrected chi connectivity index (χ4v) is 2.18. The third kappa shape index (κ3) is 3.77. The Morgan fingerprint density at radius 2 is 1.73 bits per heavy atom. The lowest BCUT2D eigenvalue weighted by molar-refractivity contribution is 0.395. The van der Waals surface area contributed by atoms with Gasteiger partial charge in [0.15, 0.2) is 5.82 Å². The molecule has 7 nitrogen and oxygen atoms in total. The molecule has 3 aromatic rings. The molecule has 1 heterocycles. The van der Waals surface area contributed by atoms with Crippen LogP contribution in [0, 0.1) is 11.6 Å². The minimum absolute atomic E-state index is 0.121. The highest BCUT2D eigenvalue weighted by Gasteiger charge is 2.11. The van der Waals surface area contributed by atoms with Crippen molar-refractivity contribution in [3.8, 4) is 11.5 Å². The molecule has 1 aromatic heterocycles. The maximum Gasteiger partial charge on any atom is 0.249 e. The Labute approximate surface area is 148 Å². The van der Waals surface area contributed by atoms with E-state index in [0.29, 0.717) is 17.2 Å². The van der Waals surface area contributed by atoms with Crippen molar-refractivity contribution in [1.29, 1.82) is 0 Å². The number of methoxy groups -OCH3 is 2. The molecule has 2 aromatic carbocycles. The zero-order chi connectivity index (χ0) is 18.5. The fraction of sp³-hybridized carbons (Fsp3) is 0.118. The molecule has 0 spiro atoms. The number of anilines is 4. The summed E-state index contributed by atoms with van der Waals surface area (Å²) in [5.41, 5.74) is 0.255. The van der Waals surface area contributed by atoms with E-state index in [-0.39, 0.29) is 17.5 Å². The minimum Gasteiger partial charge on any atom is -0.497 e. The highest BCUT2D eigenvalue weighted by molar-refractivity contribution is 5.65. The van der Waals surface area contributed by atoms with E-state index in [1.165, 1.54) is 19.4 Å². The first-order valence-corrected chi connectivity index (χ1v) is 7.50. The normalized spacial score (nSPS) is 10.3. The van der Waals surface area contributed by atoms with E-state index < -0.39 is 11.6 Å². The van der Waals surface area contributed by atoms with Gasteiger partial charge in [-0.25, -0.2) is 8.78 Å². The summed E-state index contributed by atoms with van der Waals surface area (Å²) in [5, 5.41) is 13.1. The van der Waals surface area contributed by atoms with E-state index in [4.69, 9.17) is 9.47 Å². The number of halogens is 2. The maximum absolute atomic E-state index is 13.7. The Hall–Kier alpha value is -3.49. The van der Waals surface area contributed by atoms with Crippen molar-refractivity contribution in [1.82, 2.24) is 15.2 Å². The zero-order valence-electron chi connectivity index (χ0n) is 14.0. The average Bonchev–Trinajstić information content (AvgIpc) is 2.65. The van der Waals surface area contributed by atoms with Crippen LogP contribution < -0.4 is 20.1 Å². The third-order valence-corrected chi connectivity index (χ3v) is 3.43. The molecule has 0 radical (unpaired) electrons. The number of hydrogen-bond acceptors (Lipinski definition) is 7. The van der Waals surface area contributed by atoms with Crippen molar-refractivity contribution in [3.63, 3.8) is 0 Å². The van der Waals surface area contributed by atoms with E-state index in [1.54, 1.807) is 25.3 Å². The summed E-state index contributed by atoms with van der Waals surface area (Å²) in [7, 11) is 3.06. The van der Waals surface area contributed by atoms with E-state index >= 15 is 0 Å². The number of benzene rings is 2. The van der Waals surface area contributed by atoms with Gasteiger partial charge in [-0.15, -0.1) is 5.10 Å². The first-order valence-electron chi connectivity index (χ1n) is 7.50. The van der Waals surface area contributed by atoms with E-state index in [2.05, 4.69) is 25.8 Å². The second-order valence-corrected chi connectivity index (χ2v) is 5.08. The van der Waals surface area contributed by atoms with Crippen molar-refractivity contribution in [2.45, 2.75) is 0 Å². The van der Waals surface area contributed by atoms with Gasteiger partial charge in [0.1, 0.15) is 28.8 Å². The summed E-state index contributed by atoms with van der Waals surface area (Å²) < 4.78 is 37.9. The molecule has 2 N–H and O–H groups in total. The first kappa shape index (κ1) is 17.3. The van der Waals surface area contributed by atoms with Crippen molar-refractivity contribution in [2.24, 2.45) is 0 Å². The van der Waals surface area contributed by atoms with Crippen LogP contribution in [0.5, 0.6) is 11.5 Å². The largest absolute Gasteiger partial charge is 0.497 e. The number of nitrogens with one attached hydrogen (secondary N) is 2. The van der Waals surface area contributed by atoms with Gasteiger partial charge in [0.2, 0.25) is 5.95 Å². The van der Waals surface area contributed by atoms with Gasteiger partial charge >= 0.3 is 0 Å². The van der Waals surface area contributed by atoms with Gasteiger partial charge < -0.3 is 20.1 Å². The SMILES string of the molecule is COc1ccc(Nc2nncc(Nc3c(F)cccc3F)n2)c(OC)c1. The highest BCUT2D eigenvalue weighted by atomic mass is 19.1. The molecule has 3 rings (SSSR count). The molecule has 0 saturated heterocycles. The van der Waals surface area contributed by atoms with Crippen LogP contribution in [0.3, 0.4) is 0 Å². The maximum atomic E-state index is 13.7. The van der Waals surface area contributed by atoms with Crippen LogP contribution in [0.25, 0.3) is 0 Å². The van der Waals surface area contributed by atoms with Crippen molar-refractivity contribution in [3.05, 3.63) is 54.2 Å². The second-order valence-electron chi connectivity index (χ2n) is 5.08. The lowest BCUT2D eigenvalue weighted by Gasteiger charge is -2.12. The summed E-state index contributed by atoms with van der Waals surface area (Å²) in [6.45, 7) is 0. The first-order chi connectivity index (χ1) is 12.6. The molecule has 0 unspecified atom stereocenters. The van der Waals surface area contributed by atoms with Gasteiger partial charge in [-0.05, 0) is 24.3 Å². The van der Waals surface area contributed by atoms with Crippen LogP contribution in [0.4, 0.5) is 31.9 Å². The molecule has 0 aliphatic heterocycles. The summed E-state index contributed by atoms with van der Waals surface area (Å²) in [5.74, 6) is -0.109. The zero-order valence-corrected chi connectivity index (χ0v) is 14.0.